The van der Waals surface area contributed by atoms with Gasteiger partial charge >= 0.3 is 0 Å². The second-order valence-electron chi connectivity index (χ2n) is 8.06. The number of sulfone groups is 1. The topological polar surface area (TPSA) is 83.2 Å². The molecule has 2 heterocycles. The minimum absolute atomic E-state index is 0.0135. The van der Waals surface area contributed by atoms with E-state index in [1.165, 1.54) is 0 Å². The minimum Gasteiger partial charge on any atom is -0.348 e. The average Bonchev–Trinajstić information content (AvgIpc) is 3.10. The Hall–Kier alpha value is -2.07. The van der Waals surface area contributed by atoms with Gasteiger partial charge in [0.2, 0.25) is 0 Å². The first kappa shape index (κ1) is 22.2. The molecule has 0 bridgehead atoms. The molecular weight excluding hydrogens is 374 g/mol. The lowest BCUT2D eigenvalue weighted by molar-refractivity contribution is -0.128. The van der Waals surface area contributed by atoms with E-state index in [0.29, 0.717) is 25.3 Å². The Balaban J connectivity index is 2.35. The molecule has 0 saturated carbocycles. The van der Waals surface area contributed by atoms with Crippen LogP contribution in [0.25, 0.3) is 6.08 Å². The van der Waals surface area contributed by atoms with Crippen LogP contribution < -0.4 is 0 Å². The highest BCUT2D eigenvalue weighted by Gasteiger charge is 2.35. The predicted molar refractivity (Wildman–Crippen MR) is 111 cm³/mol. The maximum Gasteiger partial charge on any atom is 0.264 e. The first-order valence-electron chi connectivity index (χ1n) is 9.89. The molecule has 0 radical (unpaired) electrons. The number of hydrogen-bond acceptors (Lipinski definition) is 4. The summed E-state index contributed by atoms with van der Waals surface area (Å²) < 4.78 is 25.9. The molecular formula is C21H31N3O3S. The zero-order valence-corrected chi connectivity index (χ0v) is 18.3. The molecule has 7 heteroatoms. The van der Waals surface area contributed by atoms with Crippen molar-refractivity contribution in [2.75, 3.05) is 18.1 Å². The summed E-state index contributed by atoms with van der Waals surface area (Å²) in [5.41, 5.74) is 3.04. The molecule has 0 aliphatic carbocycles. The fraction of sp³-hybridized carbons (Fsp3) is 0.619. The Morgan fingerprint density at radius 3 is 2.61 bits per heavy atom. The molecule has 1 saturated heterocycles. The summed E-state index contributed by atoms with van der Waals surface area (Å²) in [6.45, 7) is 11.6. The molecule has 1 amide bonds. The fourth-order valence-electron chi connectivity index (χ4n) is 3.78. The third-order valence-corrected chi connectivity index (χ3v) is 6.94. The van der Waals surface area contributed by atoms with Crippen molar-refractivity contribution < 1.29 is 13.2 Å². The number of aryl methyl sites for hydroxylation is 1. The Morgan fingerprint density at radius 1 is 1.43 bits per heavy atom. The van der Waals surface area contributed by atoms with Crippen LogP contribution in [0.1, 0.15) is 50.6 Å². The van der Waals surface area contributed by atoms with Gasteiger partial charge in [0, 0.05) is 30.5 Å². The third kappa shape index (κ3) is 5.05. The summed E-state index contributed by atoms with van der Waals surface area (Å²) in [4.78, 5) is 14.7. The van der Waals surface area contributed by atoms with Gasteiger partial charge in [-0.3, -0.25) is 4.79 Å². The zero-order valence-electron chi connectivity index (χ0n) is 17.5. The first-order valence-corrected chi connectivity index (χ1v) is 11.7. The molecule has 1 unspecified atom stereocenters. The lowest BCUT2D eigenvalue weighted by Crippen LogP contribution is -2.42. The number of carbonyl (C=O) groups is 1. The summed E-state index contributed by atoms with van der Waals surface area (Å²) in [6, 6.07) is 3.69. The van der Waals surface area contributed by atoms with Gasteiger partial charge in [-0.1, -0.05) is 20.8 Å². The predicted octanol–water partition coefficient (Wildman–Crippen LogP) is 3.09. The van der Waals surface area contributed by atoms with Crippen LogP contribution in [0.5, 0.6) is 0 Å². The second kappa shape index (κ2) is 8.95. The largest absolute Gasteiger partial charge is 0.348 e. The molecule has 1 fully saturated rings. The average molecular weight is 406 g/mol. The number of rotatable bonds is 7. The highest BCUT2D eigenvalue weighted by atomic mass is 32.2. The number of aromatic nitrogens is 1. The minimum atomic E-state index is -3.10. The molecule has 1 aromatic heterocycles. The van der Waals surface area contributed by atoms with E-state index in [1.807, 2.05) is 32.9 Å². The normalized spacial score (nSPS) is 19.0. The van der Waals surface area contributed by atoms with Crippen LogP contribution in [0.4, 0.5) is 0 Å². The molecule has 0 spiro atoms. The Morgan fingerprint density at radius 2 is 2.11 bits per heavy atom. The molecule has 6 nitrogen and oxygen atoms in total. The van der Waals surface area contributed by atoms with Crippen molar-refractivity contribution in [1.29, 1.82) is 5.26 Å². The summed E-state index contributed by atoms with van der Waals surface area (Å²) in [7, 11) is -3.10. The van der Waals surface area contributed by atoms with Gasteiger partial charge in [-0.25, -0.2) is 8.42 Å². The molecule has 1 aromatic rings. The quantitative estimate of drug-likeness (QED) is 0.515. The van der Waals surface area contributed by atoms with Crippen LogP contribution in [0.2, 0.25) is 0 Å². The molecule has 28 heavy (non-hydrogen) atoms. The van der Waals surface area contributed by atoms with Crippen molar-refractivity contribution in [2.45, 2.75) is 60.0 Å². The number of hydrogen-bond donors (Lipinski definition) is 0. The summed E-state index contributed by atoms with van der Waals surface area (Å²) in [5.74, 6) is 0.205. The van der Waals surface area contributed by atoms with Gasteiger partial charge < -0.3 is 9.47 Å². The van der Waals surface area contributed by atoms with Crippen LogP contribution in [0.15, 0.2) is 11.6 Å². The lowest BCUT2D eigenvalue weighted by atomic mass is 10.1. The van der Waals surface area contributed by atoms with E-state index in [2.05, 4.69) is 18.4 Å². The van der Waals surface area contributed by atoms with E-state index >= 15 is 0 Å². The maximum absolute atomic E-state index is 13.1. The first-order chi connectivity index (χ1) is 13.1. The lowest BCUT2D eigenvalue weighted by Gasteiger charge is -2.27. The maximum atomic E-state index is 13.1. The van der Waals surface area contributed by atoms with E-state index in [4.69, 9.17) is 0 Å². The van der Waals surface area contributed by atoms with Crippen molar-refractivity contribution >= 4 is 21.8 Å². The molecule has 1 aliphatic rings. The van der Waals surface area contributed by atoms with E-state index < -0.39 is 9.84 Å². The standard InChI is InChI=1S/C21H31N3O3S/c1-6-8-23(20-7-9-28(26,27)14-20)21(25)19(12-22)11-18-10-16(4)24(17(18)5)13-15(2)3/h10-11,15,20H,6-9,13-14H2,1-5H3/b19-11-. The van der Waals surface area contributed by atoms with Crippen molar-refractivity contribution in [3.63, 3.8) is 0 Å². The monoisotopic (exact) mass is 405 g/mol. The third-order valence-electron chi connectivity index (χ3n) is 5.19. The van der Waals surface area contributed by atoms with Crippen LogP contribution in [0, 0.1) is 31.1 Å². The zero-order chi connectivity index (χ0) is 21.1. The summed E-state index contributed by atoms with van der Waals surface area (Å²) >= 11 is 0. The van der Waals surface area contributed by atoms with Gasteiger partial charge in [-0.05, 0) is 50.3 Å². The van der Waals surface area contributed by atoms with Gasteiger partial charge in [0.05, 0.1) is 11.5 Å². The van der Waals surface area contributed by atoms with Crippen LogP contribution in [0.3, 0.4) is 0 Å². The number of amides is 1. The Labute approximate surface area is 168 Å². The SMILES string of the molecule is CCCN(C(=O)/C(C#N)=C\c1cc(C)n(CC(C)C)c1C)C1CCS(=O)(=O)C1. The van der Waals surface area contributed by atoms with Gasteiger partial charge in [-0.2, -0.15) is 5.26 Å². The molecule has 1 atom stereocenters. The van der Waals surface area contributed by atoms with Gasteiger partial charge in [0.25, 0.3) is 5.91 Å². The molecule has 0 N–H and O–H groups in total. The Bertz CT molecular complexity index is 904. The van der Waals surface area contributed by atoms with Crippen LogP contribution in [-0.4, -0.2) is 47.9 Å². The van der Waals surface area contributed by atoms with Crippen molar-refractivity contribution in [3.05, 3.63) is 28.6 Å². The molecule has 0 aromatic carbocycles. The highest BCUT2D eigenvalue weighted by molar-refractivity contribution is 7.91. The summed E-state index contributed by atoms with van der Waals surface area (Å²) in [6.07, 6.45) is 2.80. The van der Waals surface area contributed by atoms with Crippen molar-refractivity contribution in [3.8, 4) is 6.07 Å². The van der Waals surface area contributed by atoms with E-state index in [-0.39, 0.29) is 29.0 Å². The van der Waals surface area contributed by atoms with E-state index in [9.17, 15) is 18.5 Å². The smallest absolute Gasteiger partial charge is 0.264 e. The fourth-order valence-corrected chi connectivity index (χ4v) is 5.51. The number of carbonyl (C=O) groups excluding carboxylic acids is 1. The van der Waals surface area contributed by atoms with Crippen molar-refractivity contribution in [1.82, 2.24) is 9.47 Å². The highest BCUT2D eigenvalue weighted by Crippen LogP contribution is 2.23. The van der Waals surface area contributed by atoms with Crippen molar-refractivity contribution in [2.24, 2.45) is 5.92 Å². The van der Waals surface area contributed by atoms with E-state index in [0.717, 1.165) is 23.5 Å². The molecule has 1 aliphatic heterocycles. The van der Waals surface area contributed by atoms with Gasteiger partial charge in [0.15, 0.2) is 9.84 Å². The van der Waals surface area contributed by atoms with Gasteiger partial charge in [-0.15, -0.1) is 0 Å². The second-order valence-corrected chi connectivity index (χ2v) is 10.3. The Kier molecular flexibility index (Phi) is 7.11. The van der Waals surface area contributed by atoms with Crippen LogP contribution >= 0.6 is 0 Å². The van der Waals surface area contributed by atoms with E-state index in [1.54, 1.807) is 11.0 Å². The summed E-state index contributed by atoms with van der Waals surface area (Å²) in [5, 5.41) is 9.64. The molecule has 154 valence electrons. The molecule has 2 rings (SSSR count). The van der Waals surface area contributed by atoms with Crippen LogP contribution in [-0.2, 0) is 21.2 Å². The number of nitrogens with zero attached hydrogens (tertiary/aromatic N) is 3. The number of nitriles is 1. The van der Waals surface area contributed by atoms with Gasteiger partial charge in [0.1, 0.15) is 11.6 Å².